The number of methoxy groups -OCH3 is 1. The standard InChI is InChI=1S/C19H18ClNO2/c1-3-10-23-19-9-4-14(12-18(19)20)11-16(13-21)15-5-7-17(22-2)8-6-15/h4-9,11-12H,3,10H2,1-2H3/b16-11+. The zero-order valence-corrected chi connectivity index (χ0v) is 13.9. The fourth-order valence-electron chi connectivity index (χ4n) is 2.05. The number of nitrogens with zero attached hydrogens (tertiary/aromatic N) is 1. The predicted molar refractivity (Wildman–Crippen MR) is 93.7 cm³/mol. The summed E-state index contributed by atoms with van der Waals surface area (Å²) in [4.78, 5) is 0. The second kappa shape index (κ2) is 8.26. The molecule has 2 aromatic rings. The van der Waals surface area contributed by atoms with Crippen molar-refractivity contribution in [3.63, 3.8) is 0 Å². The molecule has 23 heavy (non-hydrogen) atoms. The van der Waals surface area contributed by atoms with Crippen molar-refractivity contribution in [3.8, 4) is 17.6 Å². The molecule has 0 saturated heterocycles. The van der Waals surface area contributed by atoms with Crippen LogP contribution in [-0.4, -0.2) is 13.7 Å². The first-order chi connectivity index (χ1) is 11.2. The van der Waals surface area contributed by atoms with Crippen LogP contribution in [0.1, 0.15) is 24.5 Å². The molecule has 0 fully saturated rings. The van der Waals surface area contributed by atoms with E-state index < -0.39 is 0 Å². The molecule has 3 nitrogen and oxygen atoms in total. The van der Waals surface area contributed by atoms with Gasteiger partial charge in [-0.3, -0.25) is 0 Å². The van der Waals surface area contributed by atoms with Crippen molar-refractivity contribution in [2.75, 3.05) is 13.7 Å². The van der Waals surface area contributed by atoms with E-state index in [4.69, 9.17) is 21.1 Å². The minimum atomic E-state index is 0.541. The molecule has 0 N–H and O–H groups in total. The minimum absolute atomic E-state index is 0.541. The average Bonchev–Trinajstić information content (AvgIpc) is 2.59. The minimum Gasteiger partial charge on any atom is -0.497 e. The normalized spacial score (nSPS) is 11.0. The summed E-state index contributed by atoms with van der Waals surface area (Å²) >= 11 is 6.22. The Morgan fingerprint density at radius 1 is 1.22 bits per heavy atom. The molecule has 0 amide bonds. The van der Waals surface area contributed by atoms with Crippen molar-refractivity contribution in [2.24, 2.45) is 0 Å². The summed E-state index contributed by atoms with van der Waals surface area (Å²) in [6.45, 7) is 2.67. The summed E-state index contributed by atoms with van der Waals surface area (Å²) in [6, 6.07) is 15.1. The maximum Gasteiger partial charge on any atom is 0.137 e. The van der Waals surface area contributed by atoms with E-state index in [0.29, 0.717) is 23.0 Å². The second-order valence-corrected chi connectivity index (χ2v) is 5.34. The Morgan fingerprint density at radius 3 is 2.52 bits per heavy atom. The Hall–Kier alpha value is -2.44. The summed E-state index contributed by atoms with van der Waals surface area (Å²) in [6.07, 6.45) is 2.73. The first kappa shape index (κ1) is 16.9. The number of nitriles is 1. The highest BCUT2D eigenvalue weighted by atomic mass is 35.5. The van der Waals surface area contributed by atoms with Gasteiger partial charge in [-0.15, -0.1) is 0 Å². The van der Waals surface area contributed by atoms with Gasteiger partial charge in [0.15, 0.2) is 0 Å². The van der Waals surface area contributed by atoms with Crippen LogP contribution in [0.3, 0.4) is 0 Å². The van der Waals surface area contributed by atoms with Crippen LogP contribution < -0.4 is 9.47 Å². The zero-order valence-electron chi connectivity index (χ0n) is 13.2. The SMILES string of the molecule is CCCOc1ccc(/C=C(\C#N)c2ccc(OC)cc2)cc1Cl. The van der Waals surface area contributed by atoms with E-state index in [-0.39, 0.29) is 0 Å². The molecule has 0 bridgehead atoms. The molecule has 0 aliphatic heterocycles. The van der Waals surface area contributed by atoms with E-state index in [1.807, 2.05) is 43.3 Å². The highest BCUT2D eigenvalue weighted by Gasteiger charge is 2.05. The Balaban J connectivity index is 2.27. The first-order valence-electron chi connectivity index (χ1n) is 7.36. The lowest BCUT2D eigenvalue weighted by molar-refractivity contribution is 0.317. The Labute approximate surface area is 141 Å². The van der Waals surface area contributed by atoms with Gasteiger partial charge in [0.25, 0.3) is 0 Å². The number of benzene rings is 2. The Morgan fingerprint density at radius 2 is 1.96 bits per heavy atom. The van der Waals surface area contributed by atoms with E-state index in [1.54, 1.807) is 19.3 Å². The molecule has 0 heterocycles. The molecule has 0 aromatic heterocycles. The van der Waals surface area contributed by atoms with Gasteiger partial charge < -0.3 is 9.47 Å². The van der Waals surface area contributed by atoms with Crippen molar-refractivity contribution < 1.29 is 9.47 Å². The largest absolute Gasteiger partial charge is 0.497 e. The van der Waals surface area contributed by atoms with Gasteiger partial charge in [0.1, 0.15) is 11.5 Å². The van der Waals surface area contributed by atoms with Gasteiger partial charge in [-0.1, -0.05) is 24.6 Å². The van der Waals surface area contributed by atoms with Crippen LogP contribution in [0, 0.1) is 11.3 Å². The molecule has 0 aliphatic carbocycles. The van der Waals surface area contributed by atoms with Crippen LogP contribution in [0.4, 0.5) is 0 Å². The summed E-state index contributed by atoms with van der Waals surface area (Å²) in [7, 11) is 1.61. The third-order valence-electron chi connectivity index (χ3n) is 3.25. The molecule has 0 atom stereocenters. The summed E-state index contributed by atoms with van der Waals surface area (Å²) < 4.78 is 10.7. The number of rotatable bonds is 6. The smallest absolute Gasteiger partial charge is 0.137 e. The van der Waals surface area contributed by atoms with E-state index >= 15 is 0 Å². The lowest BCUT2D eigenvalue weighted by Gasteiger charge is -2.07. The first-order valence-corrected chi connectivity index (χ1v) is 7.74. The van der Waals surface area contributed by atoms with E-state index in [2.05, 4.69) is 6.07 Å². The molecule has 0 aliphatic rings. The summed E-state index contributed by atoms with van der Waals surface area (Å²) in [5, 5.41) is 9.94. The fraction of sp³-hybridized carbons (Fsp3) is 0.211. The third-order valence-corrected chi connectivity index (χ3v) is 3.55. The number of halogens is 1. The summed E-state index contributed by atoms with van der Waals surface area (Å²) in [5.74, 6) is 1.42. The van der Waals surface area contributed by atoms with Crippen molar-refractivity contribution >= 4 is 23.3 Å². The lowest BCUT2D eigenvalue weighted by Crippen LogP contribution is -1.95. The van der Waals surface area contributed by atoms with Crippen LogP contribution in [0.25, 0.3) is 11.6 Å². The third kappa shape index (κ3) is 4.51. The van der Waals surface area contributed by atoms with Crippen molar-refractivity contribution in [1.82, 2.24) is 0 Å². The number of ether oxygens (including phenoxy) is 2. The van der Waals surface area contributed by atoms with Crippen LogP contribution >= 0.6 is 11.6 Å². The quantitative estimate of drug-likeness (QED) is 0.541. The molecule has 118 valence electrons. The van der Waals surface area contributed by atoms with Gasteiger partial charge in [0.2, 0.25) is 0 Å². The van der Waals surface area contributed by atoms with Gasteiger partial charge in [-0.2, -0.15) is 5.26 Å². The van der Waals surface area contributed by atoms with Crippen LogP contribution in [0.15, 0.2) is 42.5 Å². The number of hydrogen-bond acceptors (Lipinski definition) is 3. The lowest BCUT2D eigenvalue weighted by atomic mass is 10.0. The van der Waals surface area contributed by atoms with Gasteiger partial charge in [0, 0.05) is 0 Å². The monoisotopic (exact) mass is 327 g/mol. The molecule has 0 unspecified atom stereocenters. The second-order valence-electron chi connectivity index (χ2n) is 4.94. The van der Waals surface area contributed by atoms with Crippen molar-refractivity contribution in [3.05, 3.63) is 58.6 Å². The van der Waals surface area contributed by atoms with Crippen LogP contribution in [0.5, 0.6) is 11.5 Å². The van der Waals surface area contributed by atoms with E-state index in [0.717, 1.165) is 23.3 Å². The molecule has 0 radical (unpaired) electrons. The topological polar surface area (TPSA) is 42.2 Å². The molecule has 0 saturated carbocycles. The van der Waals surface area contributed by atoms with Gasteiger partial charge in [0.05, 0.1) is 30.4 Å². The van der Waals surface area contributed by atoms with Gasteiger partial charge in [-0.25, -0.2) is 0 Å². The van der Waals surface area contributed by atoms with E-state index in [9.17, 15) is 5.26 Å². The van der Waals surface area contributed by atoms with E-state index in [1.165, 1.54) is 0 Å². The van der Waals surface area contributed by atoms with Crippen LogP contribution in [0.2, 0.25) is 5.02 Å². The number of hydrogen-bond donors (Lipinski definition) is 0. The zero-order chi connectivity index (χ0) is 16.7. The Kier molecular flexibility index (Phi) is 6.08. The maximum atomic E-state index is 9.40. The number of allylic oxidation sites excluding steroid dienone is 1. The molecule has 0 spiro atoms. The van der Waals surface area contributed by atoms with Gasteiger partial charge >= 0.3 is 0 Å². The van der Waals surface area contributed by atoms with Gasteiger partial charge in [-0.05, 0) is 60.0 Å². The maximum absolute atomic E-state index is 9.40. The molecular formula is C19H18ClNO2. The van der Waals surface area contributed by atoms with Crippen LogP contribution in [-0.2, 0) is 0 Å². The predicted octanol–water partition coefficient (Wildman–Crippen LogP) is 5.20. The fourth-order valence-corrected chi connectivity index (χ4v) is 2.30. The molecule has 2 aromatic carbocycles. The molecule has 2 rings (SSSR count). The highest BCUT2D eigenvalue weighted by Crippen LogP contribution is 2.28. The Bertz CT molecular complexity index is 730. The molecular weight excluding hydrogens is 310 g/mol. The highest BCUT2D eigenvalue weighted by molar-refractivity contribution is 6.32. The van der Waals surface area contributed by atoms with Crippen molar-refractivity contribution in [1.29, 1.82) is 5.26 Å². The average molecular weight is 328 g/mol. The molecule has 4 heteroatoms. The van der Waals surface area contributed by atoms with Crippen molar-refractivity contribution in [2.45, 2.75) is 13.3 Å². The summed E-state index contributed by atoms with van der Waals surface area (Å²) in [5.41, 5.74) is 2.24.